The van der Waals surface area contributed by atoms with E-state index in [9.17, 15) is 0 Å². The molecule has 2 nitrogen and oxygen atoms in total. The van der Waals surface area contributed by atoms with Crippen LogP contribution < -0.4 is 11.1 Å². The molecule has 2 aromatic rings. The molecule has 1 aromatic carbocycles. The lowest BCUT2D eigenvalue weighted by atomic mass is 10.2. The van der Waals surface area contributed by atoms with Gasteiger partial charge in [-0.25, -0.2) is 0 Å². The van der Waals surface area contributed by atoms with E-state index in [1.165, 1.54) is 4.88 Å². The Balaban J connectivity index is 2.17. The van der Waals surface area contributed by atoms with Crippen LogP contribution >= 0.6 is 39.5 Å². The predicted molar refractivity (Wildman–Crippen MR) is 81.7 cm³/mol. The number of nitrogens with two attached hydrogens (primary N) is 1. The van der Waals surface area contributed by atoms with Crippen molar-refractivity contribution in [2.24, 2.45) is 5.73 Å². The van der Waals surface area contributed by atoms with Gasteiger partial charge in [0.15, 0.2) is 0 Å². The minimum absolute atomic E-state index is 0.403. The number of benzene rings is 1. The van der Waals surface area contributed by atoms with E-state index >= 15 is 0 Å². The lowest BCUT2D eigenvalue weighted by Gasteiger charge is -2.10. The van der Waals surface area contributed by atoms with E-state index < -0.39 is 0 Å². The molecule has 3 N–H and O–H groups in total. The quantitative estimate of drug-likeness (QED) is 0.840. The highest BCUT2D eigenvalue weighted by atomic mass is 79.9. The van der Waals surface area contributed by atoms with Gasteiger partial charge in [-0.2, -0.15) is 0 Å². The molecule has 2 rings (SSSR count). The fraction of sp³-hybridized carbons (Fsp3) is 0.0833. The molecule has 0 unspecified atom stereocenters. The van der Waals surface area contributed by atoms with Gasteiger partial charge in [-0.15, -0.1) is 11.3 Å². The van der Waals surface area contributed by atoms with Gasteiger partial charge in [0.2, 0.25) is 0 Å². The molecule has 0 aliphatic rings. The smallest absolute Gasteiger partial charge is 0.106 e. The van der Waals surface area contributed by atoms with Gasteiger partial charge in [0.25, 0.3) is 0 Å². The van der Waals surface area contributed by atoms with Crippen LogP contribution in [-0.4, -0.2) is 4.99 Å². The normalized spacial score (nSPS) is 10.2. The highest BCUT2D eigenvalue weighted by molar-refractivity contribution is 9.10. The summed E-state index contributed by atoms with van der Waals surface area (Å²) in [6, 6.07) is 10.0. The molecule has 17 heavy (non-hydrogen) atoms. The largest absolute Gasteiger partial charge is 0.389 e. The zero-order valence-corrected chi connectivity index (χ0v) is 12.2. The van der Waals surface area contributed by atoms with Crippen molar-refractivity contribution in [3.8, 4) is 0 Å². The molecule has 0 bridgehead atoms. The Hall–Kier alpha value is -0.910. The summed E-state index contributed by atoms with van der Waals surface area (Å²) in [5.41, 5.74) is 7.54. The van der Waals surface area contributed by atoms with Gasteiger partial charge in [0.1, 0.15) is 4.99 Å². The van der Waals surface area contributed by atoms with Crippen LogP contribution in [0.5, 0.6) is 0 Å². The Labute approximate surface area is 118 Å². The van der Waals surface area contributed by atoms with Gasteiger partial charge in [-0.1, -0.05) is 34.2 Å². The molecule has 0 saturated heterocycles. The molecule has 0 radical (unpaired) electrons. The number of hydrogen-bond acceptors (Lipinski definition) is 3. The lowest BCUT2D eigenvalue weighted by Crippen LogP contribution is -2.13. The van der Waals surface area contributed by atoms with Crippen LogP contribution in [0.1, 0.15) is 10.4 Å². The summed E-state index contributed by atoms with van der Waals surface area (Å²) in [6.45, 7) is 0.787. The fourth-order valence-electron chi connectivity index (χ4n) is 1.47. The molecule has 0 aliphatic heterocycles. The van der Waals surface area contributed by atoms with Gasteiger partial charge in [-0.05, 0) is 29.6 Å². The summed E-state index contributed by atoms with van der Waals surface area (Å²) >= 11 is 10.2. The molecule has 0 spiro atoms. The summed E-state index contributed by atoms with van der Waals surface area (Å²) in [5, 5.41) is 5.41. The Morgan fingerprint density at radius 1 is 1.41 bits per heavy atom. The fourth-order valence-corrected chi connectivity index (χ4v) is 2.64. The Morgan fingerprint density at radius 3 is 2.88 bits per heavy atom. The molecular weight excluding hydrogens is 316 g/mol. The van der Waals surface area contributed by atoms with E-state index in [-0.39, 0.29) is 0 Å². The third-order valence-corrected chi connectivity index (χ3v) is 3.87. The van der Waals surface area contributed by atoms with Crippen molar-refractivity contribution < 1.29 is 0 Å². The van der Waals surface area contributed by atoms with E-state index in [0.717, 1.165) is 22.3 Å². The molecule has 0 atom stereocenters. The Bertz CT molecular complexity index is 523. The summed E-state index contributed by atoms with van der Waals surface area (Å²) in [4.78, 5) is 1.68. The van der Waals surface area contributed by atoms with Crippen LogP contribution in [-0.2, 0) is 6.54 Å². The van der Waals surface area contributed by atoms with Crippen molar-refractivity contribution in [2.75, 3.05) is 5.32 Å². The molecular formula is C12H11BrN2S2. The second-order valence-corrected chi connectivity index (χ2v) is 5.87. The minimum atomic E-state index is 0.403. The van der Waals surface area contributed by atoms with Crippen molar-refractivity contribution in [3.63, 3.8) is 0 Å². The number of halogens is 1. The third-order valence-electron chi connectivity index (χ3n) is 2.28. The molecule has 5 heteroatoms. The minimum Gasteiger partial charge on any atom is -0.389 e. The highest BCUT2D eigenvalue weighted by Crippen LogP contribution is 2.22. The molecule has 0 saturated carbocycles. The number of thiophene rings is 1. The van der Waals surface area contributed by atoms with E-state index in [2.05, 4.69) is 32.7 Å². The maximum Gasteiger partial charge on any atom is 0.106 e. The van der Waals surface area contributed by atoms with Crippen molar-refractivity contribution in [3.05, 3.63) is 50.6 Å². The number of anilines is 1. The average Bonchev–Trinajstić information content (AvgIpc) is 2.80. The van der Waals surface area contributed by atoms with E-state index in [1.807, 2.05) is 24.3 Å². The number of thiocarbonyl (C=S) groups is 1. The summed E-state index contributed by atoms with van der Waals surface area (Å²) < 4.78 is 0.974. The molecule has 0 fully saturated rings. The molecule has 88 valence electrons. The van der Waals surface area contributed by atoms with Gasteiger partial charge in [0, 0.05) is 27.1 Å². The first-order valence-electron chi connectivity index (χ1n) is 5.02. The molecule has 1 aromatic heterocycles. The standard InChI is InChI=1S/C12H11BrN2S2/c13-8-3-4-11(10(6-8)12(14)16)15-7-9-2-1-5-17-9/h1-6,15H,7H2,(H2,14,16). The van der Waals surface area contributed by atoms with Gasteiger partial charge < -0.3 is 11.1 Å². The number of hydrogen-bond donors (Lipinski definition) is 2. The van der Waals surface area contributed by atoms with Crippen LogP contribution in [0.4, 0.5) is 5.69 Å². The predicted octanol–water partition coefficient (Wildman–Crippen LogP) is 3.76. The van der Waals surface area contributed by atoms with Crippen LogP contribution in [0.3, 0.4) is 0 Å². The van der Waals surface area contributed by atoms with Gasteiger partial charge in [0.05, 0.1) is 0 Å². The van der Waals surface area contributed by atoms with Crippen molar-refractivity contribution in [1.82, 2.24) is 0 Å². The van der Waals surface area contributed by atoms with E-state index in [1.54, 1.807) is 11.3 Å². The monoisotopic (exact) mass is 326 g/mol. The number of nitrogens with one attached hydrogen (secondary N) is 1. The maximum absolute atomic E-state index is 5.71. The average molecular weight is 327 g/mol. The van der Waals surface area contributed by atoms with Crippen LogP contribution in [0.25, 0.3) is 0 Å². The first-order chi connectivity index (χ1) is 8.16. The third kappa shape index (κ3) is 3.28. The van der Waals surface area contributed by atoms with Crippen molar-refractivity contribution in [2.45, 2.75) is 6.54 Å². The zero-order chi connectivity index (χ0) is 12.3. The van der Waals surface area contributed by atoms with Crippen molar-refractivity contribution >= 4 is 50.2 Å². The second kappa shape index (κ2) is 5.62. The van der Waals surface area contributed by atoms with Crippen LogP contribution in [0.2, 0.25) is 0 Å². The van der Waals surface area contributed by atoms with Crippen LogP contribution in [0, 0.1) is 0 Å². The summed E-state index contributed by atoms with van der Waals surface area (Å²) in [6.07, 6.45) is 0. The molecule has 0 amide bonds. The number of rotatable bonds is 4. The topological polar surface area (TPSA) is 38.0 Å². The summed E-state index contributed by atoms with van der Waals surface area (Å²) in [7, 11) is 0. The first kappa shape index (κ1) is 12.5. The second-order valence-electron chi connectivity index (χ2n) is 3.49. The van der Waals surface area contributed by atoms with Crippen molar-refractivity contribution in [1.29, 1.82) is 0 Å². The van der Waals surface area contributed by atoms with Gasteiger partial charge >= 0.3 is 0 Å². The SMILES string of the molecule is NC(=S)c1cc(Br)ccc1NCc1cccs1. The molecule has 1 heterocycles. The first-order valence-corrected chi connectivity index (χ1v) is 7.10. The lowest BCUT2D eigenvalue weighted by molar-refractivity contribution is 1.19. The Morgan fingerprint density at radius 2 is 2.24 bits per heavy atom. The van der Waals surface area contributed by atoms with E-state index in [0.29, 0.717) is 4.99 Å². The van der Waals surface area contributed by atoms with E-state index in [4.69, 9.17) is 18.0 Å². The maximum atomic E-state index is 5.71. The van der Waals surface area contributed by atoms with Gasteiger partial charge in [-0.3, -0.25) is 0 Å². The molecule has 0 aliphatic carbocycles. The summed E-state index contributed by atoms with van der Waals surface area (Å²) in [5.74, 6) is 0. The zero-order valence-electron chi connectivity index (χ0n) is 8.94. The Kier molecular flexibility index (Phi) is 4.15. The van der Waals surface area contributed by atoms with Crippen LogP contribution in [0.15, 0.2) is 40.2 Å². The highest BCUT2D eigenvalue weighted by Gasteiger charge is 2.05.